The first-order chi connectivity index (χ1) is 14.4. The second-order valence-corrected chi connectivity index (χ2v) is 6.99. The number of likely N-dealkylation sites (tertiary alicyclic amines) is 1. The molecule has 0 saturated carbocycles. The second-order valence-electron chi connectivity index (χ2n) is 6.99. The van der Waals surface area contributed by atoms with Gasteiger partial charge in [-0.1, -0.05) is 0 Å². The van der Waals surface area contributed by atoms with Crippen molar-refractivity contribution < 1.29 is 32.2 Å². The van der Waals surface area contributed by atoms with Gasteiger partial charge in [0.25, 0.3) is 5.91 Å². The lowest BCUT2D eigenvalue weighted by molar-refractivity contribution is -0.143. The monoisotopic (exact) mass is 427 g/mol. The smallest absolute Gasteiger partial charge is 0.434 e. The number of nitrogens with zero attached hydrogens (tertiary/aromatic N) is 5. The second kappa shape index (κ2) is 8.19. The van der Waals surface area contributed by atoms with Crippen LogP contribution in [0.25, 0.3) is 5.82 Å². The normalized spacial score (nSPS) is 18.7. The molecule has 0 spiro atoms. The third-order valence-electron chi connectivity index (χ3n) is 5.18. The molecule has 2 aliphatic heterocycles. The van der Waals surface area contributed by atoms with Crippen LogP contribution in [0.2, 0.25) is 0 Å². The van der Waals surface area contributed by atoms with Crippen LogP contribution in [-0.4, -0.2) is 70.5 Å². The van der Waals surface area contributed by atoms with Crippen LogP contribution >= 0.6 is 0 Å². The molecule has 2 fully saturated rings. The van der Waals surface area contributed by atoms with Gasteiger partial charge in [-0.3, -0.25) is 4.79 Å². The Balaban J connectivity index is 1.56. The van der Waals surface area contributed by atoms with E-state index in [4.69, 9.17) is 14.2 Å². The van der Waals surface area contributed by atoms with Gasteiger partial charge in [0.15, 0.2) is 17.8 Å². The van der Waals surface area contributed by atoms with Crippen LogP contribution in [0.15, 0.2) is 18.3 Å². The number of piperidine rings is 1. The van der Waals surface area contributed by atoms with E-state index >= 15 is 0 Å². The highest BCUT2D eigenvalue weighted by Crippen LogP contribution is 2.35. The van der Waals surface area contributed by atoms with Gasteiger partial charge in [-0.15, -0.1) is 10.2 Å². The Hall–Kier alpha value is -2.73. The molecule has 30 heavy (non-hydrogen) atoms. The Morgan fingerprint density at radius 1 is 1.17 bits per heavy atom. The summed E-state index contributed by atoms with van der Waals surface area (Å²) in [7, 11) is 1.36. The molecule has 2 aromatic rings. The summed E-state index contributed by atoms with van der Waals surface area (Å²) in [4.78, 5) is 14.3. The van der Waals surface area contributed by atoms with Crippen LogP contribution in [0.5, 0.6) is 5.88 Å². The number of carbonyl (C=O) groups is 1. The SMILES string of the molecule is COc1ccc(-n2ncc(C(=O)N3CCC(C4OCCO4)CC3)c2C(F)(F)F)nn1. The van der Waals surface area contributed by atoms with Gasteiger partial charge in [-0.25, -0.2) is 4.68 Å². The number of amides is 1. The van der Waals surface area contributed by atoms with Gasteiger partial charge >= 0.3 is 6.18 Å². The molecule has 0 bridgehead atoms. The number of hydrogen-bond donors (Lipinski definition) is 0. The molecular weight excluding hydrogens is 407 g/mol. The first kappa shape index (κ1) is 20.5. The number of halogens is 3. The fourth-order valence-corrected chi connectivity index (χ4v) is 3.68. The van der Waals surface area contributed by atoms with Crippen molar-refractivity contribution in [3.8, 4) is 11.7 Å². The molecule has 0 aromatic carbocycles. The minimum Gasteiger partial charge on any atom is -0.480 e. The highest BCUT2D eigenvalue weighted by atomic mass is 19.4. The van der Waals surface area contributed by atoms with Gasteiger partial charge < -0.3 is 19.1 Å². The van der Waals surface area contributed by atoms with E-state index in [1.807, 2.05) is 0 Å². The summed E-state index contributed by atoms with van der Waals surface area (Å²) in [5.41, 5.74) is -1.71. The van der Waals surface area contributed by atoms with Crippen molar-refractivity contribution in [2.75, 3.05) is 33.4 Å². The van der Waals surface area contributed by atoms with E-state index < -0.39 is 23.3 Å². The number of ether oxygens (including phenoxy) is 3. The highest BCUT2D eigenvalue weighted by Gasteiger charge is 2.42. The van der Waals surface area contributed by atoms with E-state index in [2.05, 4.69) is 15.3 Å². The van der Waals surface area contributed by atoms with Gasteiger partial charge in [0.05, 0.1) is 32.1 Å². The molecule has 12 heteroatoms. The maximum Gasteiger partial charge on any atom is 0.434 e. The van der Waals surface area contributed by atoms with Crippen LogP contribution in [0.4, 0.5) is 13.2 Å². The predicted octanol–water partition coefficient (Wildman–Crippen LogP) is 1.91. The van der Waals surface area contributed by atoms with Crippen molar-refractivity contribution in [3.63, 3.8) is 0 Å². The molecule has 0 radical (unpaired) electrons. The Morgan fingerprint density at radius 2 is 1.87 bits per heavy atom. The molecule has 0 aliphatic carbocycles. The Labute approximate surface area is 169 Å². The van der Waals surface area contributed by atoms with Crippen LogP contribution in [-0.2, 0) is 15.7 Å². The fraction of sp³-hybridized carbons (Fsp3) is 0.556. The highest BCUT2D eigenvalue weighted by molar-refractivity contribution is 5.95. The summed E-state index contributed by atoms with van der Waals surface area (Å²) >= 11 is 0. The molecule has 2 saturated heterocycles. The molecular formula is C18H20F3N5O4. The first-order valence-corrected chi connectivity index (χ1v) is 9.44. The van der Waals surface area contributed by atoms with Crippen molar-refractivity contribution >= 4 is 5.91 Å². The van der Waals surface area contributed by atoms with Crippen molar-refractivity contribution in [3.05, 3.63) is 29.6 Å². The summed E-state index contributed by atoms with van der Waals surface area (Å²) < 4.78 is 57.9. The number of alkyl halides is 3. The number of aromatic nitrogens is 4. The standard InChI is InChI=1S/C18H20F3N5O4/c1-28-14-3-2-13(23-24-14)26-15(18(19,20)21)12(10-22-26)16(27)25-6-4-11(5-7-25)17-29-8-9-30-17/h2-3,10-11,17H,4-9H2,1H3. The van der Waals surface area contributed by atoms with Gasteiger partial charge in [0.2, 0.25) is 5.88 Å². The Kier molecular flexibility index (Phi) is 5.60. The minimum absolute atomic E-state index is 0.121. The summed E-state index contributed by atoms with van der Waals surface area (Å²) in [6.07, 6.45) is -3.00. The van der Waals surface area contributed by atoms with E-state index in [9.17, 15) is 18.0 Å². The topological polar surface area (TPSA) is 91.6 Å². The van der Waals surface area contributed by atoms with Gasteiger partial charge in [-0.05, 0) is 18.9 Å². The van der Waals surface area contributed by atoms with Gasteiger partial charge in [-0.2, -0.15) is 18.3 Å². The van der Waals surface area contributed by atoms with E-state index in [0.29, 0.717) is 43.8 Å². The quantitative estimate of drug-likeness (QED) is 0.736. The average Bonchev–Trinajstić information content (AvgIpc) is 3.43. The zero-order valence-corrected chi connectivity index (χ0v) is 16.1. The molecule has 4 rings (SSSR count). The lowest BCUT2D eigenvalue weighted by atomic mass is 9.95. The van der Waals surface area contributed by atoms with Gasteiger partial charge in [0.1, 0.15) is 0 Å². The van der Waals surface area contributed by atoms with Crippen LogP contribution < -0.4 is 4.74 Å². The fourth-order valence-electron chi connectivity index (χ4n) is 3.68. The van der Waals surface area contributed by atoms with E-state index in [1.54, 1.807) is 0 Å². The lowest BCUT2D eigenvalue weighted by Gasteiger charge is -2.33. The number of methoxy groups -OCH3 is 1. The van der Waals surface area contributed by atoms with Crippen molar-refractivity contribution in [1.82, 2.24) is 24.9 Å². The number of rotatable bonds is 4. The molecule has 4 heterocycles. The third-order valence-corrected chi connectivity index (χ3v) is 5.18. The Morgan fingerprint density at radius 3 is 2.43 bits per heavy atom. The van der Waals surface area contributed by atoms with Crippen molar-refractivity contribution in [2.45, 2.75) is 25.3 Å². The molecule has 1 amide bonds. The van der Waals surface area contributed by atoms with Crippen LogP contribution in [0, 0.1) is 5.92 Å². The minimum atomic E-state index is -4.81. The summed E-state index contributed by atoms with van der Waals surface area (Å²) in [5, 5.41) is 11.1. The van der Waals surface area contributed by atoms with Crippen molar-refractivity contribution in [1.29, 1.82) is 0 Å². The largest absolute Gasteiger partial charge is 0.480 e. The molecule has 2 aromatic heterocycles. The van der Waals surface area contributed by atoms with Gasteiger partial charge in [0, 0.05) is 25.1 Å². The maximum atomic E-state index is 13.8. The average molecular weight is 427 g/mol. The van der Waals surface area contributed by atoms with E-state index in [-0.39, 0.29) is 23.9 Å². The van der Waals surface area contributed by atoms with Crippen LogP contribution in [0.3, 0.4) is 0 Å². The molecule has 0 unspecified atom stereocenters. The summed E-state index contributed by atoms with van der Waals surface area (Å²) in [6, 6.07) is 2.65. The predicted molar refractivity (Wildman–Crippen MR) is 95.0 cm³/mol. The molecule has 9 nitrogen and oxygen atoms in total. The van der Waals surface area contributed by atoms with E-state index in [0.717, 1.165) is 6.20 Å². The lowest BCUT2D eigenvalue weighted by Crippen LogP contribution is -2.42. The first-order valence-electron chi connectivity index (χ1n) is 9.44. The summed E-state index contributed by atoms with van der Waals surface area (Å²) in [6.45, 7) is 1.70. The zero-order chi connectivity index (χ0) is 21.3. The Bertz CT molecular complexity index is 888. The zero-order valence-electron chi connectivity index (χ0n) is 16.1. The maximum absolute atomic E-state index is 13.8. The van der Waals surface area contributed by atoms with E-state index in [1.165, 1.54) is 24.1 Å². The summed E-state index contributed by atoms with van der Waals surface area (Å²) in [5.74, 6) is -0.622. The van der Waals surface area contributed by atoms with Crippen LogP contribution in [0.1, 0.15) is 28.9 Å². The molecule has 0 atom stereocenters. The molecule has 0 N–H and O–H groups in total. The third kappa shape index (κ3) is 3.97. The molecule has 2 aliphatic rings. The van der Waals surface area contributed by atoms with Crippen molar-refractivity contribution in [2.24, 2.45) is 5.92 Å². The number of hydrogen-bond acceptors (Lipinski definition) is 7. The molecule has 162 valence electrons. The number of carbonyl (C=O) groups excluding carboxylic acids is 1.